The zero-order valence-electron chi connectivity index (χ0n) is 17.0. The van der Waals surface area contributed by atoms with Crippen molar-refractivity contribution in [3.63, 3.8) is 0 Å². The van der Waals surface area contributed by atoms with Crippen molar-refractivity contribution < 1.29 is 22.4 Å². The molecule has 1 fully saturated rings. The number of likely N-dealkylation sites (tertiary alicyclic amines) is 1. The van der Waals surface area contributed by atoms with Gasteiger partial charge in [0, 0.05) is 31.9 Å². The number of nitrogens with one attached hydrogen (secondary N) is 1. The van der Waals surface area contributed by atoms with E-state index in [4.69, 9.17) is 0 Å². The van der Waals surface area contributed by atoms with Gasteiger partial charge in [-0.15, -0.1) is 0 Å². The van der Waals surface area contributed by atoms with Crippen LogP contribution in [0.2, 0.25) is 0 Å². The number of hydrogen-bond acceptors (Lipinski definition) is 4. The number of amides is 1. The molecule has 1 aliphatic heterocycles. The van der Waals surface area contributed by atoms with E-state index in [-0.39, 0.29) is 11.7 Å². The van der Waals surface area contributed by atoms with Gasteiger partial charge in [-0.25, -0.2) is 9.07 Å². The van der Waals surface area contributed by atoms with Gasteiger partial charge in [-0.2, -0.15) is 18.3 Å². The van der Waals surface area contributed by atoms with E-state index in [9.17, 15) is 22.4 Å². The Bertz CT molecular complexity index is 1080. The zero-order valence-corrected chi connectivity index (χ0v) is 17.0. The first kappa shape index (κ1) is 21.9. The second-order valence-corrected chi connectivity index (χ2v) is 7.61. The third-order valence-electron chi connectivity index (χ3n) is 5.40. The van der Waals surface area contributed by atoms with Gasteiger partial charge in [-0.05, 0) is 37.1 Å². The van der Waals surface area contributed by atoms with Crippen LogP contribution in [0.1, 0.15) is 34.6 Å². The highest BCUT2D eigenvalue weighted by Crippen LogP contribution is 2.34. The number of benzene rings is 1. The normalized spacial score (nSPS) is 15.6. The third kappa shape index (κ3) is 4.80. The lowest BCUT2D eigenvalue weighted by Gasteiger charge is -2.32. The van der Waals surface area contributed by atoms with Crippen LogP contribution < -0.4 is 5.32 Å². The lowest BCUT2D eigenvalue weighted by atomic mass is 10.0. The number of alkyl halides is 3. The molecular formula is C22H21F4N5O. The average molecular weight is 447 g/mol. The monoisotopic (exact) mass is 447 g/mol. The molecule has 0 aliphatic carbocycles. The molecule has 0 unspecified atom stereocenters. The minimum atomic E-state index is -4.89. The van der Waals surface area contributed by atoms with Gasteiger partial charge in [0.25, 0.3) is 5.91 Å². The van der Waals surface area contributed by atoms with Crippen LogP contribution in [0.5, 0.6) is 0 Å². The third-order valence-corrected chi connectivity index (χ3v) is 5.40. The van der Waals surface area contributed by atoms with Crippen molar-refractivity contribution in [2.45, 2.75) is 31.6 Å². The second-order valence-electron chi connectivity index (χ2n) is 7.61. The molecule has 32 heavy (non-hydrogen) atoms. The van der Waals surface area contributed by atoms with Crippen LogP contribution in [-0.2, 0) is 12.7 Å². The van der Waals surface area contributed by atoms with Gasteiger partial charge in [0.1, 0.15) is 11.5 Å². The summed E-state index contributed by atoms with van der Waals surface area (Å²) >= 11 is 0. The predicted molar refractivity (Wildman–Crippen MR) is 109 cm³/mol. The van der Waals surface area contributed by atoms with E-state index < -0.39 is 29.2 Å². The van der Waals surface area contributed by atoms with E-state index >= 15 is 0 Å². The molecule has 0 bridgehead atoms. The quantitative estimate of drug-likeness (QED) is 0.604. The molecule has 4 rings (SSSR count). The Labute approximate surface area is 181 Å². The first-order chi connectivity index (χ1) is 15.3. The van der Waals surface area contributed by atoms with Gasteiger partial charge in [-0.3, -0.25) is 14.7 Å². The van der Waals surface area contributed by atoms with Crippen LogP contribution in [0.4, 0.5) is 17.6 Å². The van der Waals surface area contributed by atoms with Crippen molar-refractivity contribution in [2.75, 3.05) is 13.1 Å². The number of para-hydroxylation sites is 1. The molecule has 1 saturated heterocycles. The molecule has 3 aromatic rings. The van der Waals surface area contributed by atoms with E-state index in [0.717, 1.165) is 18.0 Å². The summed E-state index contributed by atoms with van der Waals surface area (Å²) in [4.78, 5) is 19.2. The fourth-order valence-electron chi connectivity index (χ4n) is 3.81. The summed E-state index contributed by atoms with van der Waals surface area (Å²) in [6.07, 6.45) is -1.14. The molecule has 3 heterocycles. The fraction of sp³-hybridized carbons (Fsp3) is 0.318. The van der Waals surface area contributed by atoms with E-state index in [1.807, 2.05) is 18.2 Å². The van der Waals surface area contributed by atoms with Crippen molar-refractivity contribution in [2.24, 2.45) is 0 Å². The van der Waals surface area contributed by atoms with Gasteiger partial charge < -0.3 is 5.32 Å². The Balaban J connectivity index is 1.46. The van der Waals surface area contributed by atoms with Crippen molar-refractivity contribution in [3.8, 4) is 5.69 Å². The zero-order chi connectivity index (χ0) is 22.7. The van der Waals surface area contributed by atoms with Gasteiger partial charge in [0.15, 0.2) is 5.69 Å². The number of pyridine rings is 1. The summed E-state index contributed by atoms with van der Waals surface area (Å²) in [5, 5.41) is 6.35. The molecule has 0 radical (unpaired) electrons. The lowest BCUT2D eigenvalue weighted by molar-refractivity contribution is -0.143. The SMILES string of the molecule is O=C(NC1CCN(Cc2ccccn2)CC1)c1cnn(-c2ccccc2F)c1C(F)(F)F. The number of carbonyl (C=O) groups is 1. The van der Waals surface area contributed by atoms with Gasteiger partial charge in [-0.1, -0.05) is 18.2 Å². The highest BCUT2D eigenvalue weighted by Gasteiger charge is 2.41. The molecule has 1 amide bonds. The summed E-state index contributed by atoms with van der Waals surface area (Å²) in [7, 11) is 0. The lowest BCUT2D eigenvalue weighted by Crippen LogP contribution is -2.44. The van der Waals surface area contributed by atoms with Crippen LogP contribution in [0.15, 0.2) is 54.9 Å². The number of aromatic nitrogens is 3. The number of hydrogen-bond donors (Lipinski definition) is 1. The standard InChI is InChI=1S/C22H21F4N5O/c23-18-6-1-2-7-19(18)31-20(22(24,25)26)17(13-28-31)21(32)29-15-8-11-30(12-9-15)14-16-5-3-4-10-27-16/h1-7,10,13,15H,8-9,11-12,14H2,(H,29,32). The van der Waals surface area contributed by atoms with Crippen LogP contribution in [0, 0.1) is 5.82 Å². The summed E-state index contributed by atoms with van der Waals surface area (Å²) in [6, 6.07) is 10.4. The van der Waals surface area contributed by atoms with Gasteiger partial charge in [0.2, 0.25) is 0 Å². The molecule has 6 nitrogen and oxygen atoms in total. The maximum absolute atomic E-state index is 14.1. The Morgan fingerprint density at radius 3 is 2.47 bits per heavy atom. The summed E-state index contributed by atoms with van der Waals surface area (Å²) < 4.78 is 55.9. The first-order valence-electron chi connectivity index (χ1n) is 10.2. The minimum Gasteiger partial charge on any atom is -0.349 e. The Kier molecular flexibility index (Phi) is 6.22. The Morgan fingerprint density at radius 2 is 1.81 bits per heavy atom. The largest absolute Gasteiger partial charge is 0.434 e. The Hall–Kier alpha value is -3.27. The van der Waals surface area contributed by atoms with Crippen LogP contribution in [0.3, 0.4) is 0 Å². The highest BCUT2D eigenvalue weighted by molar-refractivity contribution is 5.95. The number of halogens is 4. The number of nitrogens with zero attached hydrogens (tertiary/aromatic N) is 4. The number of piperidine rings is 1. The van der Waals surface area contributed by atoms with Crippen molar-refractivity contribution >= 4 is 5.91 Å². The predicted octanol–water partition coefficient (Wildman–Crippen LogP) is 3.82. The molecular weight excluding hydrogens is 426 g/mol. The van der Waals surface area contributed by atoms with E-state index in [1.165, 1.54) is 18.2 Å². The van der Waals surface area contributed by atoms with E-state index in [0.29, 0.717) is 37.2 Å². The maximum atomic E-state index is 14.1. The van der Waals surface area contributed by atoms with E-state index in [2.05, 4.69) is 20.3 Å². The molecule has 1 aliphatic rings. The fourth-order valence-corrected chi connectivity index (χ4v) is 3.81. The molecule has 0 atom stereocenters. The van der Waals surface area contributed by atoms with Crippen LogP contribution >= 0.6 is 0 Å². The second kappa shape index (κ2) is 9.07. The van der Waals surface area contributed by atoms with Crippen molar-refractivity contribution in [3.05, 3.63) is 77.6 Å². The van der Waals surface area contributed by atoms with Crippen LogP contribution in [0.25, 0.3) is 5.69 Å². The first-order valence-corrected chi connectivity index (χ1v) is 10.2. The molecule has 0 spiro atoms. The van der Waals surface area contributed by atoms with E-state index in [1.54, 1.807) is 6.20 Å². The summed E-state index contributed by atoms with van der Waals surface area (Å²) in [5.41, 5.74) is -1.36. The van der Waals surface area contributed by atoms with Crippen molar-refractivity contribution in [1.82, 2.24) is 25.0 Å². The maximum Gasteiger partial charge on any atom is 0.434 e. The smallest absolute Gasteiger partial charge is 0.349 e. The molecule has 2 aromatic heterocycles. The highest BCUT2D eigenvalue weighted by atomic mass is 19.4. The number of rotatable bonds is 5. The summed E-state index contributed by atoms with van der Waals surface area (Å²) in [6.45, 7) is 2.04. The molecule has 0 saturated carbocycles. The molecule has 1 N–H and O–H groups in total. The Morgan fingerprint density at radius 1 is 1.09 bits per heavy atom. The topological polar surface area (TPSA) is 63.1 Å². The van der Waals surface area contributed by atoms with Gasteiger partial charge in [0.05, 0.1) is 17.5 Å². The summed E-state index contributed by atoms with van der Waals surface area (Å²) in [5.74, 6) is -1.74. The molecule has 10 heteroatoms. The van der Waals surface area contributed by atoms with Crippen molar-refractivity contribution in [1.29, 1.82) is 0 Å². The number of carbonyl (C=O) groups excluding carboxylic acids is 1. The minimum absolute atomic E-state index is 0.264. The average Bonchev–Trinajstić information content (AvgIpc) is 3.22. The van der Waals surface area contributed by atoms with Crippen LogP contribution in [-0.4, -0.2) is 44.7 Å². The molecule has 168 valence electrons. The molecule has 1 aromatic carbocycles. The van der Waals surface area contributed by atoms with Gasteiger partial charge >= 0.3 is 6.18 Å².